The van der Waals surface area contributed by atoms with Crippen molar-refractivity contribution in [1.29, 1.82) is 0 Å². The monoisotopic (exact) mass is 323 g/mol. The maximum Gasteiger partial charge on any atom is 0.335 e. The molecule has 2 N–H and O–H groups in total. The fourth-order valence-electron chi connectivity index (χ4n) is 1.85. The Balaban J connectivity index is 0.000000459. The summed E-state index contributed by atoms with van der Waals surface area (Å²) in [5.41, 5.74) is 0.331. The van der Waals surface area contributed by atoms with Crippen molar-refractivity contribution in [2.45, 2.75) is 39.5 Å². The first-order valence-electron chi connectivity index (χ1n) is 7.70. The molecule has 1 aromatic rings. The molecule has 0 bridgehead atoms. The quantitative estimate of drug-likeness (QED) is 0.767. The van der Waals surface area contributed by atoms with Gasteiger partial charge in [-0.3, -0.25) is 9.59 Å². The Morgan fingerprint density at radius 1 is 0.913 bits per heavy atom. The summed E-state index contributed by atoms with van der Waals surface area (Å²) in [4.78, 5) is 33.7. The van der Waals surface area contributed by atoms with Crippen molar-refractivity contribution in [2.24, 2.45) is 0 Å². The van der Waals surface area contributed by atoms with E-state index in [1.165, 1.54) is 0 Å². The van der Waals surface area contributed by atoms with E-state index in [1.807, 2.05) is 13.8 Å². The highest BCUT2D eigenvalue weighted by Crippen LogP contribution is 2.01. The maximum atomic E-state index is 11.5. The summed E-state index contributed by atoms with van der Waals surface area (Å²) in [7, 11) is 0. The third-order valence-electron chi connectivity index (χ3n) is 2.91. The van der Waals surface area contributed by atoms with Gasteiger partial charge in [0, 0.05) is 19.5 Å². The largest absolute Gasteiger partial charge is 0.481 e. The summed E-state index contributed by atoms with van der Waals surface area (Å²) in [6.07, 6.45) is 1.88. The first kappa shape index (κ1) is 20.6. The van der Waals surface area contributed by atoms with E-state index in [-0.39, 0.29) is 18.7 Å². The number of aromatic carboxylic acids is 1. The maximum absolute atomic E-state index is 11.5. The third kappa shape index (κ3) is 10.1. The van der Waals surface area contributed by atoms with Crippen LogP contribution in [0.1, 0.15) is 49.9 Å². The molecule has 128 valence electrons. The van der Waals surface area contributed by atoms with Gasteiger partial charge in [0.2, 0.25) is 5.91 Å². The smallest absolute Gasteiger partial charge is 0.335 e. The van der Waals surface area contributed by atoms with Crippen LogP contribution in [0.4, 0.5) is 0 Å². The Bertz CT molecular complexity index is 481. The van der Waals surface area contributed by atoms with E-state index in [1.54, 1.807) is 35.2 Å². The average molecular weight is 323 g/mol. The van der Waals surface area contributed by atoms with Gasteiger partial charge in [-0.2, -0.15) is 0 Å². The van der Waals surface area contributed by atoms with Crippen LogP contribution in [0.25, 0.3) is 0 Å². The van der Waals surface area contributed by atoms with Gasteiger partial charge < -0.3 is 15.1 Å². The van der Waals surface area contributed by atoms with Crippen LogP contribution in [0.2, 0.25) is 0 Å². The molecule has 0 unspecified atom stereocenters. The van der Waals surface area contributed by atoms with Crippen LogP contribution in [-0.2, 0) is 9.59 Å². The van der Waals surface area contributed by atoms with Crippen molar-refractivity contribution in [3.63, 3.8) is 0 Å². The number of amides is 1. The highest BCUT2D eigenvalue weighted by molar-refractivity contribution is 5.87. The van der Waals surface area contributed by atoms with E-state index in [4.69, 9.17) is 10.2 Å². The lowest BCUT2D eigenvalue weighted by atomic mass is 10.2. The van der Waals surface area contributed by atoms with Crippen molar-refractivity contribution >= 4 is 17.8 Å². The molecule has 23 heavy (non-hydrogen) atoms. The molecule has 0 atom stereocenters. The molecular formula is C17H25NO5. The summed E-state index contributed by atoms with van der Waals surface area (Å²) >= 11 is 0. The fourth-order valence-corrected chi connectivity index (χ4v) is 1.85. The third-order valence-corrected chi connectivity index (χ3v) is 2.91. The number of benzene rings is 1. The van der Waals surface area contributed by atoms with E-state index < -0.39 is 11.9 Å². The number of aliphatic carboxylic acids is 1. The summed E-state index contributed by atoms with van der Waals surface area (Å²) in [6.45, 7) is 5.47. The lowest BCUT2D eigenvalue weighted by Crippen LogP contribution is -2.32. The van der Waals surface area contributed by atoms with Gasteiger partial charge in [-0.05, 0) is 25.0 Å². The van der Waals surface area contributed by atoms with Crippen molar-refractivity contribution in [3.05, 3.63) is 35.9 Å². The molecule has 0 aliphatic rings. The molecule has 0 saturated heterocycles. The molecule has 0 fully saturated rings. The van der Waals surface area contributed by atoms with E-state index in [0.717, 1.165) is 25.9 Å². The highest BCUT2D eigenvalue weighted by Gasteiger charge is 2.12. The molecule has 0 saturated carbocycles. The van der Waals surface area contributed by atoms with Crippen LogP contribution in [0.5, 0.6) is 0 Å². The van der Waals surface area contributed by atoms with Gasteiger partial charge in [0.15, 0.2) is 0 Å². The zero-order valence-corrected chi connectivity index (χ0v) is 13.7. The van der Waals surface area contributed by atoms with Gasteiger partial charge >= 0.3 is 11.9 Å². The van der Waals surface area contributed by atoms with Gasteiger partial charge in [-0.15, -0.1) is 0 Å². The molecule has 1 rings (SSSR count). The first-order chi connectivity index (χ1) is 10.9. The second kappa shape index (κ2) is 12.2. The Morgan fingerprint density at radius 3 is 1.78 bits per heavy atom. The number of carbonyl (C=O) groups is 3. The molecule has 0 radical (unpaired) electrons. The standard InChI is InChI=1S/C10H19NO3.C7H6O2/c1-3-7-11(8-4-2)9(12)5-6-10(13)14;8-7(9)6-4-2-1-3-5-6/h3-8H2,1-2H3,(H,13,14);1-5H,(H,8,9). The molecular weight excluding hydrogens is 298 g/mol. The number of hydrogen-bond donors (Lipinski definition) is 2. The number of hydrogen-bond acceptors (Lipinski definition) is 3. The average Bonchev–Trinajstić information content (AvgIpc) is 2.53. The minimum Gasteiger partial charge on any atom is -0.481 e. The van der Waals surface area contributed by atoms with Crippen LogP contribution in [0.3, 0.4) is 0 Å². The number of rotatable bonds is 8. The summed E-state index contributed by atoms with van der Waals surface area (Å²) in [5.74, 6) is -1.84. The molecule has 6 nitrogen and oxygen atoms in total. The fraction of sp³-hybridized carbons (Fsp3) is 0.471. The van der Waals surface area contributed by atoms with Crippen molar-refractivity contribution < 1.29 is 24.6 Å². The molecule has 1 amide bonds. The van der Waals surface area contributed by atoms with Crippen LogP contribution in [0, 0.1) is 0 Å². The van der Waals surface area contributed by atoms with Crippen LogP contribution in [-0.4, -0.2) is 46.0 Å². The topological polar surface area (TPSA) is 94.9 Å². The van der Waals surface area contributed by atoms with E-state index in [0.29, 0.717) is 5.56 Å². The molecule has 0 aliphatic carbocycles. The lowest BCUT2D eigenvalue weighted by Gasteiger charge is -2.20. The second-order valence-electron chi connectivity index (χ2n) is 4.95. The molecule has 1 aromatic carbocycles. The van der Waals surface area contributed by atoms with E-state index in [9.17, 15) is 14.4 Å². The minimum absolute atomic E-state index is 0.0453. The summed E-state index contributed by atoms with van der Waals surface area (Å²) < 4.78 is 0. The molecule has 0 aromatic heterocycles. The highest BCUT2D eigenvalue weighted by atomic mass is 16.4. The van der Waals surface area contributed by atoms with Crippen LogP contribution in [0.15, 0.2) is 30.3 Å². The normalized spacial score (nSPS) is 9.48. The second-order valence-corrected chi connectivity index (χ2v) is 4.95. The zero-order valence-electron chi connectivity index (χ0n) is 13.7. The number of carbonyl (C=O) groups excluding carboxylic acids is 1. The number of nitrogens with zero attached hydrogens (tertiary/aromatic N) is 1. The molecule has 0 heterocycles. The van der Waals surface area contributed by atoms with E-state index in [2.05, 4.69) is 0 Å². The van der Waals surface area contributed by atoms with Crippen LogP contribution >= 0.6 is 0 Å². The van der Waals surface area contributed by atoms with Gasteiger partial charge in [0.25, 0.3) is 0 Å². The van der Waals surface area contributed by atoms with Gasteiger partial charge in [0.1, 0.15) is 0 Å². The van der Waals surface area contributed by atoms with E-state index >= 15 is 0 Å². The summed E-state index contributed by atoms with van der Waals surface area (Å²) in [6, 6.07) is 8.30. The Hall–Kier alpha value is -2.37. The zero-order chi connectivity index (χ0) is 17.7. The summed E-state index contributed by atoms with van der Waals surface area (Å²) in [5, 5.41) is 16.8. The Kier molecular flexibility index (Phi) is 10.9. The SMILES string of the molecule is CCCN(CCC)C(=O)CCC(=O)O.O=C(O)c1ccccc1. The lowest BCUT2D eigenvalue weighted by molar-refractivity contribution is -0.140. The Morgan fingerprint density at radius 2 is 1.43 bits per heavy atom. The minimum atomic E-state index is -0.911. The molecule has 0 aliphatic heterocycles. The van der Waals surface area contributed by atoms with Gasteiger partial charge in [-0.25, -0.2) is 4.79 Å². The number of carboxylic acids is 2. The predicted octanol–water partition coefficient (Wildman–Crippen LogP) is 2.88. The Labute approximate surface area is 136 Å². The predicted molar refractivity (Wildman–Crippen MR) is 87.4 cm³/mol. The number of carboxylic acid groups (broad SMARTS) is 2. The van der Waals surface area contributed by atoms with Crippen molar-refractivity contribution in [2.75, 3.05) is 13.1 Å². The molecule has 6 heteroatoms. The van der Waals surface area contributed by atoms with Crippen LogP contribution < -0.4 is 0 Å². The van der Waals surface area contributed by atoms with Crippen molar-refractivity contribution in [3.8, 4) is 0 Å². The van der Waals surface area contributed by atoms with Gasteiger partial charge in [0.05, 0.1) is 12.0 Å². The first-order valence-corrected chi connectivity index (χ1v) is 7.70. The van der Waals surface area contributed by atoms with Crippen molar-refractivity contribution in [1.82, 2.24) is 4.90 Å². The molecule has 0 spiro atoms. The van der Waals surface area contributed by atoms with Gasteiger partial charge in [-0.1, -0.05) is 32.0 Å².